The normalized spacial score (nSPS) is 18.7. The predicted octanol–water partition coefficient (Wildman–Crippen LogP) is 9.36. The van der Waals surface area contributed by atoms with Gasteiger partial charge in [-0.25, -0.2) is 0 Å². The van der Waals surface area contributed by atoms with Crippen LogP contribution in [0.2, 0.25) is 0 Å². The van der Waals surface area contributed by atoms with Crippen molar-refractivity contribution in [2.24, 2.45) is 5.92 Å². The number of carbonyl (C=O) groups excluding carboxylic acids is 3. The number of likely N-dealkylation sites (tertiary alicyclic amines) is 1. The molecular formula is C66H81N13O7. The molecule has 86 heavy (non-hydrogen) atoms. The summed E-state index contributed by atoms with van der Waals surface area (Å²) in [5.41, 5.74) is 14.0. The van der Waals surface area contributed by atoms with E-state index in [0.29, 0.717) is 67.0 Å². The van der Waals surface area contributed by atoms with Crippen LogP contribution in [0, 0.1) is 19.8 Å². The van der Waals surface area contributed by atoms with Crippen LogP contribution in [0.25, 0.3) is 55.3 Å². The predicted molar refractivity (Wildman–Crippen MR) is 334 cm³/mol. The van der Waals surface area contributed by atoms with Crippen molar-refractivity contribution < 1.29 is 33.7 Å². The fraction of sp³-hybridized carbons (Fsp3) is 0.455. The Kier molecular flexibility index (Phi) is 18.2. The highest BCUT2D eigenvalue weighted by atomic mass is 16.5. The highest BCUT2D eigenvalue weighted by molar-refractivity contribution is 6.06. The van der Waals surface area contributed by atoms with Crippen molar-refractivity contribution in [3.8, 4) is 45.3 Å². The van der Waals surface area contributed by atoms with Gasteiger partial charge in [-0.2, -0.15) is 25.3 Å². The number of aromatic amines is 1. The zero-order chi connectivity index (χ0) is 60.2. The molecule has 4 atom stereocenters. The number of carbonyl (C=O) groups is 3. The lowest BCUT2D eigenvalue weighted by Crippen LogP contribution is -2.44. The Hall–Kier alpha value is -8.04. The summed E-state index contributed by atoms with van der Waals surface area (Å²) in [5.74, 6) is 1.60. The summed E-state index contributed by atoms with van der Waals surface area (Å²) in [5, 5.41) is 35.9. The van der Waals surface area contributed by atoms with E-state index in [0.717, 1.165) is 146 Å². The average molecular weight is 1170 g/mol. The summed E-state index contributed by atoms with van der Waals surface area (Å²) in [7, 11) is 4.81. The number of nitrogens with zero attached hydrogens (tertiary/aromatic N) is 9. The molecule has 0 spiro atoms. The van der Waals surface area contributed by atoms with E-state index < -0.39 is 12.1 Å². The highest BCUT2D eigenvalue weighted by Crippen LogP contribution is 2.53. The third-order valence-corrected chi connectivity index (χ3v) is 17.6. The maximum absolute atomic E-state index is 14.0. The average Bonchev–Trinajstić information content (AvgIpc) is 4.45. The number of benzene rings is 4. The number of hydrogen-bond donors (Lipinski definition) is 5. The molecule has 2 bridgehead atoms. The van der Waals surface area contributed by atoms with Crippen LogP contribution in [0.15, 0.2) is 79.3 Å². The molecule has 0 radical (unpaired) electrons. The van der Waals surface area contributed by atoms with Crippen molar-refractivity contribution in [2.45, 2.75) is 135 Å². The summed E-state index contributed by atoms with van der Waals surface area (Å²) in [4.78, 5) is 53.4. The van der Waals surface area contributed by atoms with Crippen molar-refractivity contribution in [1.82, 2.24) is 55.3 Å². The largest absolute Gasteiger partial charge is 0.486 e. The van der Waals surface area contributed by atoms with Crippen molar-refractivity contribution in [3.05, 3.63) is 113 Å². The lowest BCUT2D eigenvalue weighted by atomic mass is 9.89. The van der Waals surface area contributed by atoms with Gasteiger partial charge in [0.15, 0.2) is 12.0 Å². The van der Waals surface area contributed by atoms with E-state index >= 15 is 0 Å². The third kappa shape index (κ3) is 12.0. The lowest BCUT2D eigenvalue weighted by molar-refractivity contribution is -0.139. The second kappa shape index (κ2) is 26.3. The molecule has 5 fully saturated rings. The van der Waals surface area contributed by atoms with E-state index in [1.165, 1.54) is 22.4 Å². The highest BCUT2D eigenvalue weighted by Gasteiger charge is 2.41. The molecule has 20 heteroatoms. The minimum absolute atomic E-state index is 0.0631. The molecule has 5 aliphatic rings. The number of aliphatic hydroxyl groups is 1. The van der Waals surface area contributed by atoms with Gasteiger partial charge in [-0.15, -0.1) is 0 Å². The first-order valence-electron chi connectivity index (χ1n) is 30.5. The van der Waals surface area contributed by atoms with Gasteiger partial charge in [-0.05, 0) is 141 Å². The van der Waals surface area contributed by atoms with Gasteiger partial charge in [0.25, 0.3) is 0 Å². The number of rotatable bonds is 19. The topological polar surface area (TPSA) is 232 Å². The van der Waals surface area contributed by atoms with E-state index in [4.69, 9.17) is 34.4 Å². The first kappa shape index (κ1) is 59.7. The first-order chi connectivity index (χ1) is 42.0. The van der Waals surface area contributed by atoms with Gasteiger partial charge in [-0.1, -0.05) is 44.2 Å². The number of aryl methyl sites for hydroxylation is 3. The molecule has 8 aromatic rings. The fourth-order valence-electron chi connectivity index (χ4n) is 13.1. The quantitative estimate of drug-likeness (QED) is 0.0475. The summed E-state index contributed by atoms with van der Waals surface area (Å²) in [6.45, 7) is 15.8. The smallest absolute Gasteiger partial charge is 0.319 e. The van der Waals surface area contributed by atoms with Gasteiger partial charge in [0.2, 0.25) is 5.91 Å². The summed E-state index contributed by atoms with van der Waals surface area (Å²) < 4.78 is 23.3. The van der Waals surface area contributed by atoms with Crippen molar-refractivity contribution >= 4 is 51.8 Å². The molecule has 4 aromatic carbocycles. The molecule has 4 aliphatic heterocycles. The van der Waals surface area contributed by atoms with Crippen LogP contribution in [-0.4, -0.2) is 146 Å². The van der Waals surface area contributed by atoms with E-state index in [1.54, 1.807) is 15.8 Å². The lowest BCUT2D eigenvalue weighted by Gasteiger charge is -2.31. The van der Waals surface area contributed by atoms with Crippen LogP contribution in [0.3, 0.4) is 0 Å². The number of amides is 1. The minimum atomic E-state index is -0.689. The van der Waals surface area contributed by atoms with Crippen LogP contribution in [-0.2, 0) is 34.0 Å². The van der Waals surface area contributed by atoms with Crippen LogP contribution >= 0.6 is 0 Å². The second-order valence-corrected chi connectivity index (χ2v) is 23.5. The number of ether oxygens (including phenoxy) is 3. The van der Waals surface area contributed by atoms with Gasteiger partial charge in [0, 0.05) is 117 Å². The monoisotopic (exact) mass is 1170 g/mol. The van der Waals surface area contributed by atoms with Gasteiger partial charge in [0.05, 0.1) is 36.7 Å². The van der Waals surface area contributed by atoms with Crippen LogP contribution in [0.5, 0.6) is 11.8 Å². The third-order valence-electron chi connectivity index (χ3n) is 17.6. The van der Waals surface area contributed by atoms with Gasteiger partial charge in [0.1, 0.15) is 42.1 Å². The number of aromatic nitrogens is 8. The van der Waals surface area contributed by atoms with Gasteiger partial charge in [-0.3, -0.25) is 24.1 Å². The van der Waals surface area contributed by atoms with Crippen LogP contribution in [0.1, 0.15) is 116 Å². The van der Waals surface area contributed by atoms with Gasteiger partial charge >= 0.3 is 6.01 Å². The van der Waals surface area contributed by atoms with E-state index in [-0.39, 0.29) is 30.2 Å². The molecule has 20 nitrogen and oxygen atoms in total. The number of hydrogen-bond acceptors (Lipinski definition) is 16. The Labute approximate surface area is 502 Å². The number of piperazine rings is 1. The summed E-state index contributed by atoms with van der Waals surface area (Å²) in [6, 6.07) is 21.3. The molecule has 13 rings (SSSR count). The maximum Gasteiger partial charge on any atom is 0.319 e. The van der Waals surface area contributed by atoms with E-state index in [1.807, 2.05) is 51.9 Å². The zero-order valence-electron chi connectivity index (χ0n) is 50.7. The minimum Gasteiger partial charge on any atom is -0.486 e. The summed E-state index contributed by atoms with van der Waals surface area (Å²) in [6.07, 6.45) is 13.3. The molecule has 5 N–H and O–H groups in total. The Morgan fingerprint density at radius 2 is 1.73 bits per heavy atom. The number of aldehydes is 2. The van der Waals surface area contributed by atoms with Crippen LogP contribution < -0.4 is 30.3 Å². The Bertz CT molecular complexity index is 3710. The molecule has 1 amide bonds. The van der Waals surface area contributed by atoms with Crippen molar-refractivity contribution in [2.75, 3.05) is 64.3 Å². The van der Waals surface area contributed by atoms with Crippen molar-refractivity contribution in [1.29, 1.82) is 0 Å². The number of H-pyrrole nitrogens is 1. The van der Waals surface area contributed by atoms with Crippen molar-refractivity contribution in [3.63, 3.8) is 0 Å². The molecule has 4 unspecified atom stereocenters. The molecule has 1 aliphatic carbocycles. The number of aliphatic hydroxyl groups excluding tert-OH is 1. The second-order valence-electron chi connectivity index (χ2n) is 23.5. The molecule has 452 valence electrons. The Morgan fingerprint density at radius 3 is 2.42 bits per heavy atom. The maximum atomic E-state index is 14.0. The number of fused-ring (bicyclic) bond motifs is 4. The Morgan fingerprint density at radius 1 is 0.930 bits per heavy atom. The van der Waals surface area contributed by atoms with E-state index in [2.05, 4.69) is 111 Å². The molecule has 4 aromatic heterocycles. The number of nitrogens with one attached hydrogen (secondary N) is 4. The molecule has 1 saturated carbocycles. The molecule has 4 saturated heterocycles. The standard InChI is InChI=1S/C52H60N10O6.C13H17N3.CH4O/c1-28(2)48(51(65)60-14-6-7-34(60)25-63)62-24-41(44(26-64)59-62)38-17-30(4)32(18-43(38)53-5)27-67-49-46(45-29(3)8-11-42-40(45)22-55-58-42)37(31-9-10-31)20-39-47(49)56-52(68-36-12-15-66-16-13-36)57-50(39)61-23-33-19-35(61)21-54-33;1-3-16-13(8-9-15-16)12-6-4-11(5-7-12)10-14-2;1-2/h8,11,17-18,20,22,24-26,28,31,33-36,48,53-54H,6-7,9-10,12-16,19,21,23,27H2,1-5H3,(H,55,58);4-9,14H,3,10H2,1-2H3;2H,1H3. The zero-order valence-corrected chi connectivity index (χ0v) is 50.7. The molecule has 8 heterocycles. The van der Waals surface area contributed by atoms with Gasteiger partial charge < -0.3 is 49.9 Å². The van der Waals surface area contributed by atoms with Crippen LogP contribution in [0.4, 0.5) is 11.5 Å². The Balaban J connectivity index is 0.000000367. The summed E-state index contributed by atoms with van der Waals surface area (Å²) >= 11 is 0. The number of anilines is 2. The first-order valence-corrected chi connectivity index (χ1v) is 30.5. The van der Waals surface area contributed by atoms with E-state index in [9.17, 15) is 14.4 Å². The fourth-order valence-corrected chi connectivity index (χ4v) is 13.1. The SMILES string of the molecule is CCn1nccc1-c1ccc(CNC)cc1.CNc1cc(COc2c(-c3c(C)ccc4[nH]ncc34)c(C3CC3)cc3c(N4CC5CC4CN5)nc(OC4CCOCC4)nc23)c(C)cc1-c1cn(C(C(=O)N2CCCC2C=O)C(C)C)nc1C=O.CO. The molecular weight excluding hydrogens is 1090 g/mol.